The molecule has 5 nitrogen and oxygen atoms in total. The van der Waals surface area contributed by atoms with Crippen LogP contribution in [0.5, 0.6) is 0 Å². The number of thiophene rings is 1. The Balaban J connectivity index is 1.57. The Labute approximate surface area is 213 Å². The van der Waals surface area contributed by atoms with Crippen molar-refractivity contribution in [2.45, 2.75) is 40.3 Å². The number of nitrogens with zero attached hydrogens (tertiary/aromatic N) is 3. The number of benzene rings is 2. The van der Waals surface area contributed by atoms with Crippen LogP contribution in [0.3, 0.4) is 0 Å². The molecule has 4 rings (SSSR count). The number of hydrogen-bond acceptors (Lipinski definition) is 4. The molecule has 2 aromatic heterocycles. The van der Waals surface area contributed by atoms with Gasteiger partial charge in [0.1, 0.15) is 0 Å². The van der Waals surface area contributed by atoms with Gasteiger partial charge in [0, 0.05) is 36.3 Å². The molecule has 35 heavy (non-hydrogen) atoms. The van der Waals surface area contributed by atoms with Crippen molar-refractivity contribution >= 4 is 48.4 Å². The van der Waals surface area contributed by atoms with Crippen molar-refractivity contribution in [1.29, 1.82) is 5.41 Å². The van der Waals surface area contributed by atoms with Crippen LogP contribution >= 0.6 is 20.6 Å². The Morgan fingerprint density at radius 2 is 1.89 bits per heavy atom. The van der Waals surface area contributed by atoms with Gasteiger partial charge in [0.05, 0.1) is 22.5 Å². The SMILES string of the molecule is C=C(c1ccc(C)s1)N(C)CCCn1c(=N)n(CC(=O)c2ccc(C)cc2C)c2cccc(P)c21. The number of carbonyl (C=O) groups is 1. The molecule has 1 N–H and O–H groups in total. The quantitative estimate of drug-likeness (QED) is 0.249. The summed E-state index contributed by atoms with van der Waals surface area (Å²) in [7, 11) is 4.85. The molecule has 0 saturated carbocycles. The first kappa shape index (κ1) is 25.2. The summed E-state index contributed by atoms with van der Waals surface area (Å²) >= 11 is 1.75. The van der Waals surface area contributed by atoms with Gasteiger partial charge in [0.25, 0.3) is 0 Å². The number of nitrogens with one attached hydrogen (secondary N) is 1. The third kappa shape index (κ3) is 5.19. The highest BCUT2D eigenvalue weighted by Gasteiger charge is 2.17. The zero-order valence-electron chi connectivity index (χ0n) is 20.9. The van der Waals surface area contributed by atoms with Crippen LogP contribution in [0.25, 0.3) is 16.7 Å². The molecule has 1 atom stereocenters. The minimum absolute atomic E-state index is 0.0245. The number of aryl methyl sites for hydroxylation is 4. The van der Waals surface area contributed by atoms with Crippen LogP contribution in [0.15, 0.2) is 55.1 Å². The smallest absolute Gasteiger partial charge is 0.203 e. The van der Waals surface area contributed by atoms with Crippen LogP contribution in [0.2, 0.25) is 0 Å². The number of hydrogen-bond donors (Lipinski definition) is 1. The fourth-order valence-corrected chi connectivity index (χ4v) is 5.85. The van der Waals surface area contributed by atoms with Crippen molar-refractivity contribution in [2.75, 3.05) is 13.6 Å². The Morgan fingerprint density at radius 3 is 2.57 bits per heavy atom. The van der Waals surface area contributed by atoms with Gasteiger partial charge in [-0.25, -0.2) is 0 Å². The predicted octanol–water partition coefficient (Wildman–Crippen LogP) is 5.29. The van der Waals surface area contributed by atoms with Gasteiger partial charge in [-0.15, -0.1) is 20.6 Å². The molecular weight excluding hydrogens is 471 g/mol. The van der Waals surface area contributed by atoms with Crippen molar-refractivity contribution < 1.29 is 4.79 Å². The van der Waals surface area contributed by atoms with Crippen molar-refractivity contribution in [1.82, 2.24) is 14.0 Å². The largest absolute Gasteiger partial charge is 0.374 e. The average molecular weight is 505 g/mol. The van der Waals surface area contributed by atoms with Crippen molar-refractivity contribution in [3.05, 3.63) is 87.2 Å². The first-order chi connectivity index (χ1) is 16.7. The molecule has 0 spiro atoms. The predicted molar refractivity (Wildman–Crippen MR) is 151 cm³/mol. The summed E-state index contributed by atoms with van der Waals surface area (Å²) in [6.45, 7) is 12.0. The maximum atomic E-state index is 13.2. The van der Waals surface area contributed by atoms with Crippen LogP contribution in [0.1, 0.15) is 37.7 Å². The topological polar surface area (TPSA) is 54.0 Å². The number of Topliss-reactive ketones (excluding diaryl/α,β-unsaturated/α-hetero) is 1. The fraction of sp³-hybridized carbons (Fsp3) is 0.286. The number of para-hydroxylation sites is 1. The second kappa shape index (κ2) is 10.3. The van der Waals surface area contributed by atoms with Crippen molar-refractivity contribution in [3.8, 4) is 0 Å². The second-order valence-electron chi connectivity index (χ2n) is 9.15. The van der Waals surface area contributed by atoms with Gasteiger partial charge in [0.15, 0.2) is 5.78 Å². The monoisotopic (exact) mass is 504 g/mol. The van der Waals surface area contributed by atoms with E-state index in [0.29, 0.717) is 12.2 Å². The third-order valence-electron chi connectivity index (χ3n) is 6.46. The average Bonchev–Trinajstić information content (AvgIpc) is 3.36. The molecular formula is C28H33N4OPS. The molecule has 4 aromatic rings. The Kier molecular flexibility index (Phi) is 7.44. The van der Waals surface area contributed by atoms with E-state index >= 15 is 0 Å². The maximum absolute atomic E-state index is 13.2. The standard InChI is InChI=1S/C28H33N4OPS/c1-18-10-12-22(19(2)16-18)24(33)17-32-23-8-6-9-25(34)27(23)31(28(32)29)15-7-14-30(5)21(4)26-13-11-20(3)35-26/h6,8-13,16,29H,4,7,14-15,17,34H2,1-3,5H3. The number of carbonyl (C=O) groups excluding carboxylic acids is 1. The lowest BCUT2D eigenvalue weighted by Gasteiger charge is -2.21. The molecule has 1 unspecified atom stereocenters. The molecule has 0 amide bonds. The van der Waals surface area contributed by atoms with Crippen molar-refractivity contribution in [2.24, 2.45) is 0 Å². The summed E-state index contributed by atoms with van der Waals surface area (Å²) in [4.78, 5) is 17.9. The third-order valence-corrected chi connectivity index (χ3v) is 7.98. The highest BCUT2D eigenvalue weighted by atomic mass is 32.1. The van der Waals surface area contributed by atoms with Crippen LogP contribution in [0.4, 0.5) is 0 Å². The van der Waals surface area contributed by atoms with Crippen LogP contribution in [-0.2, 0) is 13.1 Å². The molecule has 7 heteroatoms. The Morgan fingerprint density at radius 1 is 1.11 bits per heavy atom. The number of rotatable bonds is 9. The highest BCUT2D eigenvalue weighted by molar-refractivity contribution is 7.28. The molecule has 2 heterocycles. The molecule has 0 aliphatic rings. The van der Waals surface area contributed by atoms with Gasteiger partial charge >= 0.3 is 0 Å². The summed E-state index contributed by atoms with van der Waals surface area (Å²) in [5, 5.41) is 9.99. The highest BCUT2D eigenvalue weighted by Crippen LogP contribution is 2.24. The molecule has 0 radical (unpaired) electrons. The normalized spacial score (nSPS) is 11.2. The van der Waals surface area contributed by atoms with Gasteiger partial charge in [0.2, 0.25) is 5.62 Å². The number of ketones is 1. The van der Waals surface area contributed by atoms with E-state index in [2.05, 4.69) is 46.8 Å². The van der Waals surface area contributed by atoms with Gasteiger partial charge < -0.3 is 14.0 Å². The van der Waals surface area contributed by atoms with E-state index in [4.69, 9.17) is 5.41 Å². The van der Waals surface area contributed by atoms with Gasteiger partial charge in [-0.3, -0.25) is 10.2 Å². The molecule has 0 aliphatic carbocycles. The minimum atomic E-state index is 0.0245. The number of fused-ring (bicyclic) bond motifs is 1. The summed E-state index contributed by atoms with van der Waals surface area (Å²) in [6.07, 6.45) is 0.861. The lowest BCUT2D eigenvalue weighted by molar-refractivity contribution is 0.0970. The maximum Gasteiger partial charge on any atom is 0.203 e. The van der Waals surface area contributed by atoms with Crippen molar-refractivity contribution in [3.63, 3.8) is 0 Å². The summed E-state index contributed by atoms with van der Waals surface area (Å²) in [6, 6.07) is 16.2. The van der Waals surface area contributed by atoms with Crippen LogP contribution < -0.4 is 10.9 Å². The van der Waals surface area contributed by atoms with E-state index in [1.54, 1.807) is 11.3 Å². The van der Waals surface area contributed by atoms with E-state index < -0.39 is 0 Å². The van der Waals surface area contributed by atoms with E-state index in [9.17, 15) is 4.79 Å². The summed E-state index contributed by atoms with van der Waals surface area (Å²) in [5.41, 5.74) is 6.10. The molecule has 182 valence electrons. The molecule has 0 fully saturated rings. The van der Waals surface area contributed by atoms with Gasteiger partial charge in [-0.2, -0.15) is 0 Å². The van der Waals surface area contributed by atoms with E-state index in [-0.39, 0.29) is 12.3 Å². The van der Waals surface area contributed by atoms with E-state index in [1.165, 1.54) is 9.75 Å². The lowest BCUT2D eigenvalue weighted by Crippen LogP contribution is -2.29. The zero-order chi connectivity index (χ0) is 25.3. The first-order valence-electron chi connectivity index (χ1n) is 11.8. The number of imidazole rings is 1. The summed E-state index contributed by atoms with van der Waals surface area (Å²) < 4.78 is 3.86. The lowest BCUT2D eigenvalue weighted by atomic mass is 10.0. The van der Waals surface area contributed by atoms with E-state index in [0.717, 1.165) is 51.7 Å². The molecule has 0 aliphatic heterocycles. The minimum Gasteiger partial charge on any atom is -0.374 e. The fourth-order valence-electron chi connectivity index (χ4n) is 4.54. The summed E-state index contributed by atoms with van der Waals surface area (Å²) in [5.74, 6) is 0.0245. The molecule has 2 aromatic carbocycles. The van der Waals surface area contributed by atoms with Crippen LogP contribution in [0, 0.1) is 26.2 Å². The Bertz CT molecular complexity index is 1480. The second-order valence-corrected chi connectivity index (χ2v) is 11.1. The first-order valence-corrected chi connectivity index (χ1v) is 13.2. The molecule has 0 saturated heterocycles. The number of aromatic nitrogens is 2. The van der Waals surface area contributed by atoms with Gasteiger partial charge in [-0.05, 0) is 56.3 Å². The van der Waals surface area contributed by atoms with Crippen LogP contribution in [-0.4, -0.2) is 33.4 Å². The zero-order valence-corrected chi connectivity index (χ0v) is 22.9. The molecule has 0 bridgehead atoms. The van der Waals surface area contributed by atoms with E-state index in [1.807, 2.05) is 59.4 Å². The Hall–Kier alpha value is -2.95. The van der Waals surface area contributed by atoms with Gasteiger partial charge in [-0.1, -0.05) is 42.5 Å².